The van der Waals surface area contributed by atoms with Crippen LogP contribution in [0.4, 0.5) is 5.69 Å². The fourth-order valence-corrected chi connectivity index (χ4v) is 4.23. The number of hydrogen-bond acceptors (Lipinski definition) is 6. The Morgan fingerprint density at radius 2 is 2.24 bits per heavy atom. The third-order valence-corrected chi connectivity index (χ3v) is 5.87. The first kappa shape index (κ1) is 15.8. The lowest BCUT2D eigenvalue weighted by Gasteiger charge is -2.06. The molecule has 0 saturated heterocycles. The van der Waals surface area contributed by atoms with Crippen LogP contribution in [0.5, 0.6) is 0 Å². The van der Waals surface area contributed by atoms with Crippen LogP contribution in [0.2, 0.25) is 4.34 Å². The molecule has 7 nitrogen and oxygen atoms in total. The summed E-state index contributed by atoms with van der Waals surface area (Å²) in [6.45, 7) is 1.81. The summed E-state index contributed by atoms with van der Waals surface area (Å²) in [7, 11) is -3.87. The van der Waals surface area contributed by atoms with Crippen molar-refractivity contribution in [2.75, 3.05) is 0 Å². The van der Waals surface area contributed by atoms with Crippen molar-refractivity contribution in [2.45, 2.75) is 17.7 Å². The fourth-order valence-electron chi connectivity index (χ4n) is 1.53. The second kappa shape index (κ2) is 6.06. The molecule has 0 bridgehead atoms. The summed E-state index contributed by atoms with van der Waals surface area (Å²) >= 11 is 6.30. The van der Waals surface area contributed by atoms with Crippen LogP contribution in [-0.2, 0) is 16.6 Å². The van der Waals surface area contributed by atoms with Crippen LogP contribution in [0.15, 0.2) is 28.6 Å². The molecule has 10 heteroatoms. The smallest absolute Gasteiger partial charge is 0.260 e. The highest BCUT2D eigenvalue weighted by molar-refractivity contribution is 7.91. The monoisotopic (exact) mass is 347 g/mol. The van der Waals surface area contributed by atoms with Gasteiger partial charge in [-0.15, -0.1) is 11.3 Å². The number of nitrogens with zero attached hydrogens (tertiary/aromatic N) is 2. The van der Waals surface area contributed by atoms with E-state index < -0.39 is 20.6 Å². The topological polar surface area (TPSA) is 102 Å². The maximum absolute atomic E-state index is 12.1. The van der Waals surface area contributed by atoms with E-state index in [1.54, 1.807) is 12.3 Å². The zero-order valence-electron chi connectivity index (χ0n) is 10.7. The molecule has 21 heavy (non-hydrogen) atoms. The highest BCUT2D eigenvalue weighted by Crippen LogP contribution is 2.36. The fraction of sp³-hybridized carbons (Fsp3) is 0.182. The Balaban J connectivity index is 2.21. The minimum atomic E-state index is -3.87. The Bertz CT molecular complexity index is 789. The molecule has 0 aliphatic rings. The second-order valence-electron chi connectivity index (χ2n) is 4.07. The number of sulfonamides is 1. The maximum Gasteiger partial charge on any atom is 0.300 e. The van der Waals surface area contributed by atoms with Crippen molar-refractivity contribution in [2.24, 2.45) is 0 Å². The van der Waals surface area contributed by atoms with Crippen molar-refractivity contribution in [3.8, 4) is 0 Å². The van der Waals surface area contributed by atoms with Gasteiger partial charge in [0.1, 0.15) is 4.21 Å². The van der Waals surface area contributed by atoms with Gasteiger partial charge in [-0.2, -0.15) is 0 Å². The van der Waals surface area contributed by atoms with Gasteiger partial charge in [-0.05, 0) is 18.6 Å². The Morgan fingerprint density at radius 3 is 2.81 bits per heavy atom. The minimum Gasteiger partial charge on any atom is -0.260 e. The van der Waals surface area contributed by atoms with Crippen LogP contribution in [0.25, 0.3) is 0 Å². The van der Waals surface area contributed by atoms with Crippen molar-refractivity contribution in [3.05, 3.63) is 50.1 Å². The summed E-state index contributed by atoms with van der Waals surface area (Å²) in [5.74, 6) is 0. The molecule has 0 aromatic carbocycles. The molecule has 0 spiro atoms. The first-order chi connectivity index (χ1) is 9.81. The van der Waals surface area contributed by atoms with Gasteiger partial charge in [-0.1, -0.05) is 17.7 Å². The molecule has 0 unspecified atom stereocenters. The molecule has 0 saturated carbocycles. The van der Waals surface area contributed by atoms with Crippen molar-refractivity contribution in [1.29, 1.82) is 0 Å². The van der Waals surface area contributed by atoms with Crippen LogP contribution >= 0.6 is 22.9 Å². The highest BCUT2D eigenvalue weighted by atomic mass is 35.5. The van der Waals surface area contributed by atoms with Crippen molar-refractivity contribution in [1.82, 2.24) is 9.71 Å². The van der Waals surface area contributed by atoms with Crippen molar-refractivity contribution < 1.29 is 13.3 Å². The lowest BCUT2D eigenvalue weighted by molar-refractivity contribution is -0.384. The third-order valence-electron chi connectivity index (χ3n) is 2.66. The lowest BCUT2D eigenvalue weighted by Crippen LogP contribution is -2.23. The molecule has 1 N–H and O–H groups in total. The zero-order chi connectivity index (χ0) is 15.6. The molecule has 0 fully saturated rings. The third kappa shape index (κ3) is 3.56. The van der Waals surface area contributed by atoms with E-state index in [1.165, 1.54) is 0 Å². The van der Waals surface area contributed by atoms with Gasteiger partial charge >= 0.3 is 0 Å². The number of nitro groups is 1. The second-order valence-corrected chi connectivity index (χ2v) is 7.72. The number of thiophene rings is 1. The van der Waals surface area contributed by atoms with Gasteiger partial charge in [0.25, 0.3) is 15.7 Å². The molecule has 0 atom stereocenters. The van der Waals surface area contributed by atoms with Gasteiger partial charge in [0.05, 0.1) is 17.2 Å². The Kier molecular flexibility index (Phi) is 4.57. The number of aryl methyl sites for hydroxylation is 1. The van der Waals surface area contributed by atoms with E-state index in [-0.39, 0.29) is 15.1 Å². The number of pyridine rings is 1. The number of aromatic nitrogens is 1. The van der Waals surface area contributed by atoms with Gasteiger partial charge in [0.2, 0.25) is 0 Å². The van der Waals surface area contributed by atoms with E-state index in [0.717, 1.165) is 11.6 Å². The largest absolute Gasteiger partial charge is 0.300 e. The number of hydrogen-bond donors (Lipinski definition) is 1. The maximum atomic E-state index is 12.1. The van der Waals surface area contributed by atoms with E-state index in [9.17, 15) is 18.5 Å². The standard InChI is InChI=1S/C11H10ClN3O4S2/c1-7-3-2-4-13-8(7)6-14-21(18,19)10-5-9(15(16)17)11(12)20-10/h2-5,14H,6H2,1H3. The van der Waals surface area contributed by atoms with Gasteiger partial charge in [0.15, 0.2) is 4.34 Å². The van der Waals surface area contributed by atoms with Gasteiger partial charge < -0.3 is 0 Å². The SMILES string of the molecule is Cc1cccnc1CNS(=O)(=O)c1cc([N+](=O)[O-])c(Cl)s1. The summed E-state index contributed by atoms with van der Waals surface area (Å²) in [6, 6.07) is 4.50. The molecule has 0 aliphatic heterocycles. The molecular weight excluding hydrogens is 338 g/mol. The summed E-state index contributed by atoms with van der Waals surface area (Å²) in [6.07, 6.45) is 1.56. The highest BCUT2D eigenvalue weighted by Gasteiger charge is 2.25. The quantitative estimate of drug-likeness (QED) is 0.661. The van der Waals surface area contributed by atoms with Crippen LogP contribution in [0, 0.1) is 17.0 Å². The summed E-state index contributed by atoms with van der Waals surface area (Å²) < 4.78 is 26.2. The average Bonchev–Trinajstić information content (AvgIpc) is 2.81. The summed E-state index contributed by atoms with van der Waals surface area (Å²) in [5.41, 5.74) is 1.00. The summed E-state index contributed by atoms with van der Waals surface area (Å²) in [4.78, 5) is 14.0. The van der Waals surface area contributed by atoms with Gasteiger partial charge in [-0.3, -0.25) is 15.1 Å². The predicted molar refractivity (Wildman–Crippen MR) is 79.0 cm³/mol. The minimum absolute atomic E-state index is 0.00166. The molecule has 0 radical (unpaired) electrons. The number of halogens is 1. The van der Waals surface area contributed by atoms with E-state index >= 15 is 0 Å². The lowest BCUT2D eigenvalue weighted by atomic mass is 10.2. The Morgan fingerprint density at radius 1 is 1.52 bits per heavy atom. The van der Waals surface area contributed by atoms with E-state index in [1.807, 2.05) is 13.0 Å². The van der Waals surface area contributed by atoms with Crippen LogP contribution in [0.1, 0.15) is 11.3 Å². The molecular formula is C11H10ClN3O4S2. The average molecular weight is 348 g/mol. The van der Waals surface area contributed by atoms with Crippen molar-refractivity contribution in [3.63, 3.8) is 0 Å². The van der Waals surface area contributed by atoms with E-state index in [2.05, 4.69) is 9.71 Å². The molecule has 2 aromatic heterocycles. The van der Waals surface area contributed by atoms with Crippen LogP contribution < -0.4 is 4.72 Å². The van der Waals surface area contributed by atoms with Gasteiger partial charge in [-0.25, -0.2) is 13.1 Å². The molecule has 0 aliphatic carbocycles. The zero-order valence-corrected chi connectivity index (χ0v) is 13.1. The molecule has 2 aromatic rings. The molecule has 2 rings (SSSR count). The molecule has 2 heterocycles. The Labute approximate surface area is 129 Å². The normalized spacial score (nSPS) is 11.5. The summed E-state index contributed by atoms with van der Waals surface area (Å²) in [5, 5.41) is 10.7. The molecule has 0 amide bonds. The van der Waals surface area contributed by atoms with Crippen LogP contribution in [-0.4, -0.2) is 18.3 Å². The van der Waals surface area contributed by atoms with E-state index in [4.69, 9.17) is 11.6 Å². The first-order valence-electron chi connectivity index (χ1n) is 5.65. The number of nitrogens with one attached hydrogen (secondary N) is 1. The Hall–Kier alpha value is -1.55. The number of rotatable bonds is 5. The molecule has 112 valence electrons. The van der Waals surface area contributed by atoms with Crippen molar-refractivity contribution >= 4 is 38.6 Å². The van der Waals surface area contributed by atoms with E-state index in [0.29, 0.717) is 17.0 Å². The van der Waals surface area contributed by atoms with Gasteiger partial charge in [0, 0.05) is 12.3 Å². The predicted octanol–water partition coefficient (Wildman–Crippen LogP) is 2.49. The van der Waals surface area contributed by atoms with Crippen LogP contribution in [0.3, 0.4) is 0 Å². The first-order valence-corrected chi connectivity index (χ1v) is 8.33.